The number of rotatable bonds is 2. The van der Waals surface area contributed by atoms with Gasteiger partial charge in [0.15, 0.2) is 0 Å². The van der Waals surface area contributed by atoms with Crippen molar-refractivity contribution in [2.75, 3.05) is 11.4 Å². The van der Waals surface area contributed by atoms with E-state index in [1.807, 2.05) is 0 Å². The van der Waals surface area contributed by atoms with Gasteiger partial charge in [-0.15, -0.1) is 0 Å². The Morgan fingerprint density at radius 1 is 1.60 bits per heavy atom. The highest BCUT2D eigenvalue weighted by molar-refractivity contribution is 6.29. The third-order valence-electron chi connectivity index (χ3n) is 2.42. The molecule has 1 saturated heterocycles. The first-order valence-corrected chi connectivity index (χ1v) is 5.03. The Morgan fingerprint density at radius 2 is 2.40 bits per heavy atom. The lowest BCUT2D eigenvalue weighted by atomic mass is 10.2. The number of aliphatic carboxylic acids is 1. The van der Waals surface area contributed by atoms with Crippen LogP contribution in [0.3, 0.4) is 0 Å². The summed E-state index contributed by atoms with van der Waals surface area (Å²) >= 11 is 5.70. The monoisotopic (exact) mass is 227 g/mol. The van der Waals surface area contributed by atoms with Crippen molar-refractivity contribution in [1.29, 1.82) is 0 Å². The van der Waals surface area contributed by atoms with Crippen molar-refractivity contribution in [1.82, 2.24) is 9.97 Å². The second kappa shape index (κ2) is 4.02. The van der Waals surface area contributed by atoms with E-state index in [2.05, 4.69) is 9.97 Å². The summed E-state index contributed by atoms with van der Waals surface area (Å²) in [5.74, 6) is -0.290. The maximum atomic E-state index is 10.9. The Hall–Kier alpha value is -1.36. The van der Waals surface area contributed by atoms with Crippen molar-refractivity contribution in [3.8, 4) is 0 Å². The third kappa shape index (κ3) is 2.02. The lowest BCUT2D eigenvalue weighted by Crippen LogP contribution is -2.36. The van der Waals surface area contributed by atoms with Crippen molar-refractivity contribution in [2.45, 2.75) is 18.9 Å². The van der Waals surface area contributed by atoms with E-state index < -0.39 is 12.0 Å². The van der Waals surface area contributed by atoms with E-state index in [0.29, 0.717) is 18.8 Å². The molecule has 1 fully saturated rings. The van der Waals surface area contributed by atoms with Crippen molar-refractivity contribution < 1.29 is 9.90 Å². The molecule has 1 N–H and O–H groups in total. The predicted molar refractivity (Wildman–Crippen MR) is 55.0 cm³/mol. The van der Waals surface area contributed by atoms with Crippen LogP contribution in [0.25, 0.3) is 0 Å². The van der Waals surface area contributed by atoms with Gasteiger partial charge in [-0.2, -0.15) is 0 Å². The molecule has 1 aromatic rings. The maximum absolute atomic E-state index is 10.9. The molecule has 1 aliphatic rings. The number of hydrogen-bond acceptors (Lipinski definition) is 4. The molecule has 2 rings (SSSR count). The van der Waals surface area contributed by atoms with Crippen LogP contribution in [0.5, 0.6) is 0 Å². The van der Waals surface area contributed by atoms with Crippen LogP contribution < -0.4 is 4.90 Å². The van der Waals surface area contributed by atoms with Crippen LogP contribution in [-0.4, -0.2) is 33.6 Å². The van der Waals surface area contributed by atoms with Crippen LogP contribution in [-0.2, 0) is 4.79 Å². The Balaban J connectivity index is 2.26. The number of nitrogens with zero attached hydrogens (tertiary/aromatic N) is 3. The van der Waals surface area contributed by atoms with Gasteiger partial charge in [-0.3, -0.25) is 4.98 Å². The van der Waals surface area contributed by atoms with Gasteiger partial charge >= 0.3 is 5.97 Å². The molecule has 0 aliphatic carbocycles. The molecule has 0 saturated carbocycles. The largest absolute Gasteiger partial charge is 0.480 e. The number of carboxylic acid groups (broad SMARTS) is 1. The molecule has 0 spiro atoms. The molecular formula is C9H10ClN3O2. The van der Waals surface area contributed by atoms with Gasteiger partial charge in [0.25, 0.3) is 0 Å². The highest BCUT2D eigenvalue weighted by Crippen LogP contribution is 2.24. The topological polar surface area (TPSA) is 66.3 Å². The molecule has 6 heteroatoms. The molecule has 1 unspecified atom stereocenters. The Morgan fingerprint density at radius 3 is 3.07 bits per heavy atom. The fraction of sp³-hybridized carbons (Fsp3) is 0.444. The summed E-state index contributed by atoms with van der Waals surface area (Å²) in [6.45, 7) is 0.686. The van der Waals surface area contributed by atoms with Crippen molar-refractivity contribution in [3.05, 3.63) is 17.5 Å². The summed E-state index contributed by atoms with van der Waals surface area (Å²) in [6.07, 6.45) is 4.46. The Labute approximate surface area is 91.7 Å². The highest BCUT2D eigenvalue weighted by atomic mass is 35.5. The molecule has 0 aromatic carbocycles. The number of anilines is 1. The highest BCUT2D eigenvalue weighted by Gasteiger charge is 2.31. The zero-order valence-corrected chi connectivity index (χ0v) is 8.68. The van der Waals surface area contributed by atoms with Crippen LogP contribution in [0.4, 0.5) is 5.82 Å². The van der Waals surface area contributed by atoms with E-state index in [9.17, 15) is 4.79 Å². The van der Waals surface area contributed by atoms with E-state index in [4.69, 9.17) is 16.7 Å². The van der Waals surface area contributed by atoms with Crippen molar-refractivity contribution in [2.24, 2.45) is 0 Å². The van der Waals surface area contributed by atoms with Crippen molar-refractivity contribution >= 4 is 23.4 Å². The number of halogens is 1. The quantitative estimate of drug-likeness (QED) is 0.822. The Kier molecular flexibility index (Phi) is 2.73. The first kappa shape index (κ1) is 10.2. The maximum Gasteiger partial charge on any atom is 0.326 e. The fourth-order valence-electron chi connectivity index (χ4n) is 1.77. The number of hydrogen-bond donors (Lipinski definition) is 1. The average molecular weight is 228 g/mol. The lowest BCUT2D eigenvalue weighted by molar-refractivity contribution is -0.138. The zero-order valence-electron chi connectivity index (χ0n) is 7.93. The van der Waals surface area contributed by atoms with Gasteiger partial charge in [-0.25, -0.2) is 9.78 Å². The van der Waals surface area contributed by atoms with Gasteiger partial charge < -0.3 is 10.0 Å². The molecule has 15 heavy (non-hydrogen) atoms. The standard InChI is InChI=1S/C9H10ClN3O2/c10-7-4-11-5-8(12-7)13-3-1-2-6(13)9(14)15/h4-6H,1-3H2,(H,14,15). The first-order chi connectivity index (χ1) is 7.18. The average Bonchev–Trinajstić information content (AvgIpc) is 2.65. The number of carboxylic acids is 1. The van der Waals surface area contributed by atoms with Gasteiger partial charge in [0.1, 0.15) is 17.0 Å². The normalized spacial score (nSPS) is 20.6. The van der Waals surface area contributed by atoms with Crippen molar-refractivity contribution in [3.63, 3.8) is 0 Å². The second-order valence-corrected chi connectivity index (χ2v) is 3.78. The van der Waals surface area contributed by atoms with Crippen LogP contribution in [0.2, 0.25) is 5.15 Å². The zero-order chi connectivity index (χ0) is 10.8. The molecule has 1 aromatic heterocycles. The molecule has 1 atom stereocenters. The first-order valence-electron chi connectivity index (χ1n) is 4.65. The van der Waals surface area contributed by atoms with Crippen LogP contribution in [0, 0.1) is 0 Å². The van der Waals surface area contributed by atoms with E-state index in [1.165, 1.54) is 12.4 Å². The minimum Gasteiger partial charge on any atom is -0.480 e. The molecule has 5 nitrogen and oxygen atoms in total. The summed E-state index contributed by atoms with van der Waals surface area (Å²) in [6, 6.07) is -0.502. The van der Waals surface area contributed by atoms with Gasteiger partial charge in [-0.05, 0) is 12.8 Å². The number of carbonyl (C=O) groups is 1. The lowest BCUT2D eigenvalue weighted by Gasteiger charge is -2.21. The summed E-state index contributed by atoms with van der Waals surface area (Å²) < 4.78 is 0. The molecule has 0 bridgehead atoms. The van der Waals surface area contributed by atoms with E-state index in [-0.39, 0.29) is 5.15 Å². The molecular weight excluding hydrogens is 218 g/mol. The van der Waals surface area contributed by atoms with E-state index >= 15 is 0 Å². The Bertz CT molecular complexity index is 385. The second-order valence-electron chi connectivity index (χ2n) is 3.39. The minimum atomic E-state index is -0.825. The summed E-state index contributed by atoms with van der Waals surface area (Å²) in [7, 11) is 0. The molecule has 2 heterocycles. The van der Waals surface area contributed by atoms with Gasteiger partial charge in [0.2, 0.25) is 0 Å². The third-order valence-corrected chi connectivity index (χ3v) is 2.61. The minimum absolute atomic E-state index is 0.281. The molecule has 0 radical (unpaired) electrons. The molecule has 80 valence electrons. The van der Waals surface area contributed by atoms with Gasteiger partial charge in [-0.1, -0.05) is 11.6 Å². The summed E-state index contributed by atoms with van der Waals surface area (Å²) in [4.78, 5) is 20.6. The van der Waals surface area contributed by atoms with Crippen LogP contribution >= 0.6 is 11.6 Å². The van der Waals surface area contributed by atoms with Gasteiger partial charge in [0.05, 0.1) is 12.4 Å². The van der Waals surface area contributed by atoms with Gasteiger partial charge in [0, 0.05) is 6.54 Å². The van der Waals surface area contributed by atoms with E-state index in [0.717, 1.165) is 6.42 Å². The predicted octanol–water partition coefficient (Wildman–Crippen LogP) is 1.18. The summed E-state index contributed by atoms with van der Waals surface area (Å²) in [5.41, 5.74) is 0. The smallest absolute Gasteiger partial charge is 0.326 e. The van der Waals surface area contributed by atoms with E-state index in [1.54, 1.807) is 4.90 Å². The SMILES string of the molecule is O=C(O)C1CCCN1c1cncc(Cl)n1. The molecule has 1 aliphatic heterocycles. The summed E-state index contributed by atoms with van der Waals surface area (Å²) in [5, 5.41) is 9.27. The molecule has 0 amide bonds. The van der Waals surface area contributed by atoms with Crippen LogP contribution in [0.15, 0.2) is 12.4 Å². The number of aromatic nitrogens is 2. The van der Waals surface area contributed by atoms with Crippen LogP contribution in [0.1, 0.15) is 12.8 Å². The fourth-order valence-corrected chi connectivity index (χ4v) is 1.91.